The van der Waals surface area contributed by atoms with Crippen LogP contribution in [0.1, 0.15) is 24.2 Å². The SMILES string of the molecule is COCC1CCCN(S(=O)(=O)c2c(CO)n[nH]c2C)C1. The number of piperidine rings is 1. The van der Waals surface area contributed by atoms with Crippen LogP contribution in [0.25, 0.3) is 0 Å². The minimum Gasteiger partial charge on any atom is -0.390 e. The van der Waals surface area contributed by atoms with Crippen LogP contribution in [0.15, 0.2) is 4.90 Å². The Hall–Kier alpha value is -0.960. The normalized spacial score (nSPS) is 21.2. The molecule has 7 nitrogen and oxygen atoms in total. The quantitative estimate of drug-likeness (QED) is 0.813. The van der Waals surface area contributed by atoms with Crippen molar-refractivity contribution in [3.63, 3.8) is 0 Å². The molecule has 1 fully saturated rings. The van der Waals surface area contributed by atoms with E-state index in [1.807, 2.05) is 0 Å². The number of rotatable bonds is 5. The average Bonchev–Trinajstić information content (AvgIpc) is 2.81. The van der Waals surface area contributed by atoms with Gasteiger partial charge in [-0.15, -0.1) is 0 Å². The maximum absolute atomic E-state index is 12.7. The Morgan fingerprint density at radius 1 is 1.55 bits per heavy atom. The predicted molar refractivity (Wildman–Crippen MR) is 72.6 cm³/mol. The summed E-state index contributed by atoms with van der Waals surface area (Å²) in [4.78, 5) is 0.109. The lowest BCUT2D eigenvalue weighted by Gasteiger charge is -2.31. The van der Waals surface area contributed by atoms with Gasteiger partial charge < -0.3 is 9.84 Å². The molecule has 1 unspecified atom stereocenters. The van der Waals surface area contributed by atoms with Crippen LogP contribution in [0.5, 0.6) is 0 Å². The number of aryl methyl sites for hydroxylation is 1. The summed E-state index contributed by atoms with van der Waals surface area (Å²) < 4.78 is 32.0. The lowest BCUT2D eigenvalue weighted by Crippen LogP contribution is -2.41. The Balaban J connectivity index is 2.27. The fourth-order valence-corrected chi connectivity index (χ4v) is 4.54. The molecule has 2 heterocycles. The third-order valence-electron chi connectivity index (χ3n) is 3.59. The molecule has 2 N–H and O–H groups in total. The van der Waals surface area contributed by atoms with Gasteiger partial charge in [0.2, 0.25) is 10.0 Å². The summed E-state index contributed by atoms with van der Waals surface area (Å²) in [5, 5.41) is 15.7. The number of aromatic amines is 1. The van der Waals surface area contributed by atoms with Gasteiger partial charge in [0.1, 0.15) is 10.6 Å². The van der Waals surface area contributed by atoms with Crippen molar-refractivity contribution in [1.29, 1.82) is 0 Å². The number of aliphatic hydroxyl groups is 1. The van der Waals surface area contributed by atoms with Crippen molar-refractivity contribution >= 4 is 10.0 Å². The topological polar surface area (TPSA) is 95.5 Å². The monoisotopic (exact) mass is 303 g/mol. The number of nitrogens with one attached hydrogen (secondary N) is 1. The summed E-state index contributed by atoms with van der Waals surface area (Å²) in [5.74, 6) is 0.216. The fourth-order valence-electron chi connectivity index (χ4n) is 2.66. The molecule has 0 bridgehead atoms. The van der Waals surface area contributed by atoms with E-state index in [0.717, 1.165) is 12.8 Å². The zero-order valence-corrected chi connectivity index (χ0v) is 12.6. The molecular weight excluding hydrogens is 282 g/mol. The van der Waals surface area contributed by atoms with Crippen LogP contribution in [0.4, 0.5) is 0 Å². The molecule has 20 heavy (non-hydrogen) atoms. The van der Waals surface area contributed by atoms with Crippen molar-refractivity contribution in [2.75, 3.05) is 26.8 Å². The van der Waals surface area contributed by atoms with E-state index in [9.17, 15) is 13.5 Å². The van der Waals surface area contributed by atoms with E-state index in [4.69, 9.17) is 4.74 Å². The summed E-state index contributed by atoms with van der Waals surface area (Å²) in [6.45, 7) is 2.76. The van der Waals surface area contributed by atoms with Gasteiger partial charge in [0.25, 0.3) is 0 Å². The summed E-state index contributed by atoms with van der Waals surface area (Å²) in [6, 6.07) is 0. The van der Waals surface area contributed by atoms with Crippen molar-refractivity contribution in [3.8, 4) is 0 Å². The van der Waals surface area contributed by atoms with Crippen LogP contribution in [-0.2, 0) is 21.4 Å². The molecule has 1 saturated heterocycles. The number of H-pyrrole nitrogens is 1. The van der Waals surface area contributed by atoms with Crippen LogP contribution in [0.2, 0.25) is 0 Å². The Bertz CT molecular complexity index is 553. The molecule has 1 aromatic rings. The van der Waals surface area contributed by atoms with Gasteiger partial charge in [-0.05, 0) is 25.7 Å². The minimum absolute atomic E-state index is 0.109. The number of sulfonamides is 1. The molecule has 8 heteroatoms. The van der Waals surface area contributed by atoms with E-state index < -0.39 is 16.6 Å². The molecule has 1 aromatic heterocycles. The second-order valence-corrected chi connectivity index (χ2v) is 6.98. The van der Waals surface area contributed by atoms with Crippen LogP contribution in [0, 0.1) is 12.8 Å². The molecule has 1 aliphatic rings. The zero-order chi connectivity index (χ0) is 14.8. The Morgan fingerprint density at radius 3 is 2.95 bits per heavy atom. The molecule has 0 radical (unpaired) electrons. The van der Waals surface area contributed by atoms with Crippen molar-refractivity contribution in [2.24, 2.45) is 5.92 Å². The summed E-state index contributed by atoms with van der Waals surface area (Å²) >= 11 is 0. The smallest absolute Gasteiger partial charge is 0.246 e. The summed E-state index contributed by atoms with van der Waals surface area (Å²) in [6.07, 6.45) is 1.79. The number of methoxy groups -OCH3 is 1. The van der Waals surface area contributed by atoms with Gasteiger partial charge in [-0.1, -0.05) is 0 Å². The fraction of sp³-hybridized carbons (Fsp3) is 0.750. The van der Waals surface area contributed by atoms with Crippen LogP contribution < -0.4 is 0 Å². The number of aromatic nitrogens is 2. The molecular formula is C12H21N3O4S. The summed E-state index contributed by atoms with van der Waals surface area (Å²) in [7, 11) is -2.00. The number of ether oxygens (including phenoxy) is 1. The van der Waals surface area contributed by atoms with Gasteiger partial charge in [0.05, 0.1) is 18.9 Å². The highest BCUT2D eigenvalue weighted by Crippen LogP contribution is 2.27. The van der Waals surface area contributed by atoms with E-state index in [1.54, 1.807) is 14.0 Å². The number of nitrogens with zero attached hydrogens (tertiary/aromatic N) is 2. The zero-order valence-electron chi connectivity index (χ0n) is 11.8. The first-order chi connectivity index (χ1) is 9.50. The van der Waals surface area contributed by atoms with Gasteiger partial charge in [-0.2, -0.15) is 9.40 Å². The molecule has 1 aliphatic heterocycles. The molecule has 0 amide bonds. The molecule has 0 aliphatic carbocycles. The van der Waals surface area contributed by atoms with E-state index in [-0.39, 0.29) is 16.5 Å². The lowest BCUT2D eigenvalue weighted by molar-refractivity contribution is 0.118. The first-order valence-corrected chi connectivity index (χ1v) is 8.08. The van der Waals surface area contributed by atoms with E-state index in [0.29, 0.717) is 25.4 Å². The Kier molecular flexibility index (Phi) is 4.79. The van der Waals surface area contributed by atoms with Crippen LogP contribution in [-0.4, -0.2) is 54.8 Å². The molecule has 0 spiro atoms. The first-order valence-electron chi connectivity index (χ1n) is 6.64. The van der Waals surface area contributed by atoms with Gasteiger partial charge >= 0.3 is 0 Å². The van der Waals surface area contributed by atoms with Crippen molar-refractivity contribution in [3.05, 3.63) is 11.4 Å². The highest BCUT2D eigenvalue weighted by atomic mass is 32.2. The maximum atomic E-state index is 12.7. The molecule has 0 aromatic carbocycles. The summed E-state index contributed by atoms with van der Waals surface area (Å²) in [5.41, 5.74) is 0.638. The van der Waals surface area contributed by atoms with Crippen molar-refractivity contribution in [2.45, 2.75) is 31.3 Å². The van der Waals surface area contributed by atoms with Gasteiger partial charge in [0.15, 0.2) is 0 Å². The number of hydrogen-bond acceptors (Lipinski definition) is 5. The van der Waals surface area contributed by atoms with Crippen molar-refractivity contribution < 1.29 is 18.3 Å². The molecule has 114 valence electrons. The van der Waals surface area contributed by atoms with Gasteiger partial charge in [-0.25, -0.2) is 8.42 Å². The molecule has 1 atom stereocenters. The van der Waals surface area contributed by atoms with Gasteiger partial charge in [-0.3, -0.25) is 5.10 Å². The Labute approximate surface area is 119 Å². The largest absolute Gasteiger partial charge is 0.390 e. The number of aliphatic hydroxyl groups excluding tert-OH is 1. The maximum Gasteiger partial charge on any atom is 0.246 e. The Morgan fingerprint density at radius 2 is 2.30 bits per heavy atom. The highest BCUT2D eigenvalue weighted by molar-refractivity contribution is 7.89. The lowest BCUT2D eigenvalue weighted by atomic mass is 10.0. The molecule has 0 saturated carbocycles. The third kappa shape index (κ3) is 2.88. The second kappa shape index (κ2) is 6.21. The van der Waals surface area contributed by atoms with E-state index in [2.05, 4.69) is 10.2 Å². The predicted octanol–water partition coefficient (Wildman–Crippen LogP) is 0.258. The highest BCUT2D eigenvalue weighted by Gasteiger charge is 2.34. The second-order valence-electron chi connectivity index (χ2n) is 5.11. The standard InChI is InChI=1S/C12H21N3O4S/c1-9-12(11(7-16)14-13-9)20(17,18)15-5-3-4-10(6-15)8-19-2/h10,16H,3-8H2,1-2H3,(H,13,14). The van der Waals surface area contributed by atoms with Gasteiger partial charge in [0, 0.05) is 20.2 Å². The van der Waals surface area contributed by atoms with Crippen LogP contribution in [0.3, 0.4) is 0 Å². The van der Waals surface area contributed by atoms with Crippen molar-refractivity contribution in [1.82, 2.24) is 14.5 Å². The van der Waals surface area contributed by atoms with Crippen LogP contribution >= 0.6 is 0 Å². The number of hydrogen-bond donors (Lipinski definition) is 2. The minimum atomic E-state index is -3.62. The average molecular weight is 303 g/mol. The van der Waals surface area contributed by atoms with E-state index in [1.165, 1.54) is 4.31 Å². The third-order valence-corrected chi connectivity index (χ3v) is 5.66. The van der Waals surface area contributed by atoms with E-state index >= 15 is 0 Å². The molecule has 2 rings (SSSR count). The first kappa shape index (κ1) is 15.4.